The van der Waals surface area contributed by atoms with Crippen molar-refractivity contribution in [2.75, 3.05) is 19.6 Å². The van der Waals surface area contributed by atoms with Gasteiger partial charge in [0.2, 0.25) is 0 Å². The summed E-state index contributed by atoms with van der Waals surface area (Å²) < 4.78 is 39.0. The summed E-state index contributed by atoms with van der Waals surface area (Å²) in [5, 5.41) is 3.48. The number of hydrogen-bond acceptors (Lipinski definition) is 2. The number of fused-ring (bicyclic) bond motifs is 1. The maximum absolute atomic E-state index is 13.0. The normalized spacial score (nSPS) is 27.6. The van der Waals surface area contributed by atoms with E-state index in [0.29, 0.717) is 24.1 Å². The van der Waals surface area contributed by atoms with Gasteiger partial charge in [0.05, 0.1) is 5.56 Å². The molecule has 2 heterocycles. The van der Waals surface area contributed by atoms with Crippen molar-refractivity contribution in [2.45, 2.75) is 31.6 Å². The molecule has 2 fully saturated rings. The highest BCUT2D eigenvalue weighted by Gasteiger charge is 2.36. The summed E-state index contributed by atoms with van der Waals surface area (Å²) in [4.78, 5) is 2.15. The van der Waals surface area contributed by atoms with Crippen LogP contribution in [-0.4, -0.2) is 30.6 Å². The summed E-state index contributed by atoms with van der Waals surface area (Å²) >= 11 is 0. The van der Waals surface area contributed by atoms with Crippen molar-refractivity contribution in [3.8, 4) is 0 Å². The largest absolute Gasteiger partial charge is 0.416 e. The average Bonchev–Trinajstić information content (AvgIpc) is 2.80. The number of nitrogens with one attached hydrogen (secondary N) is 1. The van der Waals surface area contributed by atoms with Crippen LogP contribution in [-0.2, 0) is 12.7 Å². The lowest BCUT2D eigenvalue weighted by Crippen LogP contribution is -2.40. The van der Waals surface area contributed by atoms with Crippen LogP contribution in [0.3, 0.4) is 0 Å². The Morgan fingerprint density at radius 1 is 1.20 bits per heavy atom. The van der Waals surface area contributed by atoms with Crippen molar-refractivity contribution in [2.24, 2.45) is 5.92 Å². The maximum Gasteiger partial charge on any atom is 0.416 e. The Morgan fingerprint density at radius 2 is 2.00 bits per heavy atom. The topological polar surface area (TPSA) is 15.3 Å². The van der Waals surface area contributed by atoms with Crippen molar-refractivity contribution < 1.29 is 13.2 Å². The van der Waals surface area contributed by atoms with Gasteiger partial charge < -0.3 is 5.32 Å². The first-order chi connectivity index (χ1) is 9.54. The van der Waals surface area contributed by atoms with Crippen molar-refractivity contribution >= 4 is 0 Å². The molecule has 2 saturated heterocycles. The van der Waals surface area contributed by atoms with Crippen LogP contribution < -0.4 is 5.32 Å². The van der Waals surface area contributed by atoms with Gasteiger partial charge in [0.15, 0.2) is 0 Å². The highest BCUT2D eigenvalue weighted by molar-refractivity contribution is 5.29. The second-order valence-corrected chi connectivity index (χ2v) is 5.81. The van der Waals surface area contributed by atoms with Crippen molar-refractivity contribution in [1.82, 2.24) is 10.2 Å². The fourth-order valence-corrected chi connectivity index (χ4v) is 3.44. The van der Waals surface area contributed by atoms with Gasteiger partial charge in [-0.3, -0.25) is 4.90 Å². The van der Waals surface area contributed by atoms with E-state index in [1.807, 2.05) is 0 Å². The molecule has 2 aliphatic rings. The summed E-state index contributed by atoms with van der Waals surface area (Å²) in [6.07, 6.45) is -1.90. The van der Waals surface area contributed by atoms with Crippen molar-refractivity contribution in [3.05, 3.63) is 35.4 Å². The van der Waals surface area contributed by atoms with Gasteiger partial charge >= 0.3 is 6.18 Å². The fourth-order valence-electron chi connectivity index (χ4n) is 3.44. The summed E-state index contributed by atoms with van der Waals surface area (Å²) in [5.74, 6) is 0.599. The molecular formula is C15H19F3N2. The van der Waals surface area contributed by atoms with Gasteiger partial charge in [-0.1, -0.05) is 18.2 Å². The van der Waals surface area contributed by atoms with Gasteiger partial charge in [-0.15, -0.1) is 0 Å². The van der Waals surface area contributed by atoms with Crippen LogP contribution in [0, 0.1) is 5.92 Å². The monoisotopic (exact) mass is 284 g/mol. The van der Waals surface area contributed by atoms with E-state index >= 15 is 0 Å². The zero-order valence-corrected chi connectivity index (χ0v) is 11.3. The quantitative estimate of drug-likeness (QED) is 0.898. The molecule has 110 valence electrons. The molecule has 0 bridgehead atoms. The molecule has 2 nitrogen and oxygen atoms in total. The molecule has 2 aliphatic heterocycles. The van der Waals surface area contributed by atoms with Crippen molar-refractivity contribution in [3.63, 3.8) is 0 Å². The van der Waals surface area contributed by atoms with E-state index in [4.69, 9.17) is 0 Å². The van der Waals surface area contributed by atoms with E-state index in [-0.39, 0.29) is 0 Å². The number of piperidine rings is 1. The van der Waals surface area contributed by atoms with Crippen LogP contribution in [0.15, 0.2) is 24.3 Å². The molecule has 0 radical (unpaired) electrons. The van der Waals surface area contributed by atoms with Gasteiger partial charge in [0.25, 0.3) is 0 Å². The number of halogens is 3. The summed E-state index contributed by atoms with van der Waals surface area (Å²) in [6.45, 7) is 3.19. The minimum Gasteiger partial charge on any atom is -0.312 e. The third-order valence-electron chi connectivity index (χ3n) is 4.39. The molecule has 20 heavy (non-hydrogen) atoms. The SMILES string of the molecule is FC(F)(F)c1ccccc1CN1C[C@@H]2CCCN[C@@H]2C1. The molecule has 0 amide bonds. The minimum absolute atomic E-state index is 0.388. The Labute approximate surface area is 117 Å². The molecule has 0 unspecified atom stereocenters. The lowest BCUT2D eigenvalue weighted by molar-refractivity contribution is -0.138. The van der Waals surface area contributed by atoms with Crippen molar-refractivity contribution in [1.29, 1.82) is 0 Å². The highest BCUT2D eigenvalue weighted by atomic mass is 19.4. The Hall–Kier alpha value is -1.07. The first-order valence-electron chi connectivity index (χ1n) is 7.15. The molecule has 0 spiro atoms. The molecule has 1 N–H and O–H groups in total. The number of hydrogen-bond donors (Lipinski definition) is 1. The number of benzene rings is 1. The van der Waals surface area contributed by atoms with Crippen LogP contribution >= 0.6 is 0 Å². The first kappa shape index (κ1) is 13.9. The summed E-state index contributed by atoms with van der Waals surface area (Å²) in [6, 6.07) is 6.38. The molecule has 0 aliphatic carbocycles. The zero-order valence-electron chi connectivity index (χ0n) is 11.3. The lowest BCUT2D eigenvalue weighted by Gasteiger charge is -2.24. The molecular weight excluding hydrogens is 265 g/mol. The van der Waals surface area contributed by atoms with Gasteiger partial charge in [0.1, 0.15) is 0 Å². The summed E-state index contributed by atoms with van der Waals surface area (Å²) in [7, 11) is 0. The predicted octanol–water partition coefficient (Wildman–Crippen LogP) is 2.89. The van der Waals surface area contributed by atoms with Crippen LogP contribution in [0.1, 0.15) is 24.0 Å². The van der Waals surface area contributed by atoms with Gasteiger partial charge in [-0.25, -0.2) is 0 Å². The third-order valence-corrected chi connectivity index (χ3v) is 4.39. The zero-order chi connectivity index (χ0) is 14.2. The number of rotatable bonds is 2. The molecule has 0 aromatic heterocycles. The summed E-state index contributed by atoms with van der Waals surface area (Å²) in [5.41, 5.74) is -0.110. The molecule has 3 rings (SSSR count). The molecule has 2 atom stereocenters. The van der Waals surface area contributed by atoms with E-state index in [9.17, 15) is 13.2 Å². The van der Waals surface area contributed by atoms with E-state index in [1.54, 1.807) is 12.1 Å². The number of alkyl halides is 3. The smallest absolute Gasteiger partial charge is 0.312 e. The minimum atomic E-state index is -4.26. The lowest BCUT2D eigenvalue weighted by atomic mass is 9.94. The molecule has 5 heteroatoms. The second-order valence-electron chi connectivity index (χ2n) is 5.81. The van der Waals surface area contributed by atoms with Crippen LogP contribution in [0.5, 0.6) is 0 Å². The van der Waals surface area contributed by atoms with Gasteiger partial charge in [0, 0.05) is 25.7 Å². The van der Waals surface area contributed by atoms with E-state index in [1.165, 1.54) is 25.0 Å². The Balaban J connectivity index is 1.73. The van der Waals surface area contributed by atoms with Gasteiger partial charge in [-0.2, -0.15) is 13.2 Å². The van der Waals surface area contributed by atoms with Crippen LogP contribution in [0.25, 0.3) is 0 Å². The van der Waals surface area contributed by atoms with Gasteiger partial charge in [-0.05, 0) is 36.9 Å². The molecule has 1 aromatic rings. The number of likely N-dealkylation sites (tertiary alicyclic amines) is 1. The molecule has 0 saturated carbocycles. The predicted molar refractivity (Wildman–Crippen MR) is 71.2 cm³/mol. The maximum atomic E-state index is 13.0. The van der Waals surface area contributed by atoms with E-state index in [2.05, 4.69) is 10.2 Å². The number of nitrogens with zero attached hydrogens (tertiary/aromatic N) is 1. The Morgan fingerprint density at radius 3 is 2.75 bits per heavy atom. The fraction of sp³-hybridized carbons (Fsp3) is 0.600. The highest BCUT2D eigenvalue weighted by Crippen LogP contribution is 2.33. The van der Waals surface area contributed by atoms with Crippen LogP contribution in [0.4, 0.5) is 13.2 Å². The average molecular weight is 284 g/mol. The third kappa shape index (κ3) is 2.83. The van der Waals surface area contributed by atoms with E-state index < -0.39 is 11.7 Å². The molecule has 1 aromatic carbocycles. The first-order valence-corrected chi connectivity index (χ1v) is 7.15. The van der Waals surface area contributed by atoms with Crippen LogP contribution in [0.2, 0.25) is 0 Å². The second kappa shape index (κ2) is 5.37. The van der Waals surface area contributed by atoms with E-state index in [0.717, 1.165) is 19.6 Å². The Bertz CT molecular complexity index is 458. The standard InChI is InChI=1S/C15H19F3N2/c16-15(17,18)13-6-2-1-4-11(13)8-20-9-12-5-3-7-19-14(12)10-20/h1-2,4,6,12,14,19H,3,5,7-10H2/t12-,14+/m0/s1. The Kier molecular flexibility index (Phi) is 3.73.